The normalized spacial score (nSPS) is 14.9. The number of likely N-dealkylation sites (tertiary alicyclic amines) is 1. The van der Waals surface area contributed by atoms with Crippen molar-refractivity contribution in [2.45, 2.75) is 32.4 Å². The smallest absolute Gasteiger partial charge is 0.319 e. The van der Waals surface area contributed by atoms with Gasteiger partial charge in [-0.2, -0.15) is 0 Å². The molecule has 0 aromatic heterocycles. The number of piperidine rings is 1. The molecule has 1 aliphatic rings. The van der Waals surface area contributed by atoms with Crippen molar-refractivity contribution in [2.75, 3.05) is 18.4 Å². The van der Waals surface area contributed by atoms with E-state index in [4.69, 9.17) is 11.6 Å². The number of nitrogens with zero attached hydrogens (tertiary/aromatic N) is 1. The number of urea groups is 1. The van der Waals surface area contributed by atoms with Gasteiger partial charge in [-0.15, -0.1) is 0 Å². The molecule has 2 N–H and O–H groups in total. The number of carbonyl (C=O) groups excluding carboxylic acids is 1. The maximum absolute atomic E-state index is 11.9. The van der Waals surface area contributed by atoms with Crippen LogP contribution in [0.5, 0.6) is 0 Å². The summed E-state index contributed by atoms with van der Waals surface area (Å²) in [7, 11) is 0. The maximum atomic E-state index is 11.9. The van der Waals surface area contributed by atoms with Crippen molar-refractivity contribution in [3.63, 3.8) is 0 Å². The van der Waals surface area contributed by atoms with Crippen molar-refractivity contribution in [1.82, 2.24) is 10.2 Å². The zero-order chi connectivity index (χ0) is 17.5. The van der Waals surface area contributed by atoms with Crippen molar-refractivity contribution in [3.05, 3.63) is 64.7 Å². The number of hydrogen-bond acceptors (Lipinski definition) is 2. The molecule has 0 unspecified atom stereocenters. The van der Waals surface area contributed by atoms with Crippen LogP contribution < -0.4 is 10.6 Å². The van der Waals surface area contributed by atoms with E-state index < -0.39 is 0 Å². The van der Waals surface area contributed by atoms with Gasteiger partial charge in [0.1, 0.15) is 0 Å². The fraction of sp³-hybridized carbons (Fsp3) is 0.350. The first kappa shape index (κ1) is 17.8. The predicted octanol–water partition coefficient (Wildman–Crippen LogP) is 4.65. The maximum Gasteiger partial charge on any atom is 0.319 e. The van der Waals surface area contributed by atoms with Crippen molar-refractivity contribution >= 4 is 23.3 Å². The molecule has 0 saturated carbocycles. The molecule has 1 aliphatic heterocycles. The molecule has 0 bridgehead atoms. The van der Waals surface area contributed by atoms with Gasteiger partial charge in [0.25, 0.3) is 0 Å². The predicted molar refractivity (Wildman–Crippen MR) is 103 cm³/mol. The van der Waals surface area contributed by atoms with E-state index in [-0.39, 0.29) is 6.03 Å². The summed E-state index contributed by atoms with van der Waals surface area (Å²) in [6, 6.07) is 15.3. The van der Waals surface area contributed by atoms with E-state index >= 15 is 0 Å². The Balaban J connectivity index is 1.44. The van der Waals surface area contributed by atoms with Crippen LogP contribution in [0, 0.1) is 0 Å². The first-order valence-corrected chi connectivity index (χ1v) is 9.17. The number of carbonyl (C=O) groups is 1. The second-order valence-electron chi connectivity index (χ2n) is 6.47. The molecular formula is C20H24ClN3O. The summed E-state index contributed by atoms with van der Waals surface area (Å²) in [5.74, 6) is 0. The molecule has 4 nitrogen and oxygen atoms in total. The van der Waals surface area contributed by atoms with Crippen LogP contribution >= 0.6 is 11.6 Å². The second kappa shape index (κ2) is 8.88. The third-order valence-corrected chi connectivity index (χ3v) is 4.68. The van der Waals surface area contributed by atoms with Gasteiger partial charge in [0.15, 0.2) is 0 Å². The van der Waals surface area contributed by atoms with Gasteiger partial charge in [0, 0.05) is 23.8 Å². The number of hydrogen-bond donors (Lipinski definition) is 2. The molecule has 25 heavy (non-hydrogen) atoms. The highest BCUT2D eigenvalue weighted by Crippen LogP contribution is 2.14. The second-order valence-corrected chi connectivity index (χ2v) is 6.90. The number of rotatable bonds is 5. The molecule has 5 heteroatoms. The van der Waals surface area contributed by atoms with Crippen LogP contribution in [0.3, 0.4) is 0 Å². The van der Waals surface area contributed by atoms with E-state index in [1.807, 2.05) is 0 Å². The fourth-order valence-electron chi connectivity index (χ4n) is 3.03. The molecule has 0 atom stereocenters. The molecule has 2 aromatic rings. The van der Waals surface area contributed by atoms with Gasteiger partial charge >= 0.3 is 6.03 Å². The largest absolute Gasteiger partial charge is 0.334 e. The molecule has 0 radical (unpaired) electrons. The molecular weight excluding hydrogens is 334 g/mol. The number of amides is 2. The third kappa shape index (κ3) is 5.76. The molecule has 2 amide bonds. The average Bonchev–Trinajstić information content (AvgIpc) is 2.64. The molecule has 132 valence electrons. The van der Waals surface area contributed by atoms with Gasteiger partial charge in [-0.1, -0.05) is 42.3 Å². The van der Waals surface area contributed by atoms with Crippen molar-refractivity contribution in [3.8, 4) is 0 Å². The lowest BCUT2D eigenvalue weighted by molar-refractivity contribution is 0.221. The lowest BCUT2D eigenvalue weighted by atomic mass is 10.1. The van der Waals surface area contributed by atoms with Gasteiger partial charge in [0.2, 0.25) is 0 Å². The van der Waals surface area contributed by atoms with Crippen LogP contribution in [-0.2, 0) is 13.1 Å². The standard InChI is InChI=1S/C20H24ClN3O/c21-18-8-10-19(11-9-18)23-20(25)22-14-16-4-6-17(7-5-16)15-24-12-2-1-3-13-24/h4-11H,1-3,12-15H2,(H2,22,23,25). The number of benzene rings is 2. The topological polar surface area (TPSA) is 44.4 Å². The summed E-state index contributed by atoms with van der Waals surface area (Å²) in [4.78, 5) is 14.4. The summed E-state index contributed by atoms with van der Waals surface area (Å²) in [6.07, 6.45) is 3.98. The first-order valence-electron chi connectivity index (χ1n) is 8.80. The highest BCUT2D eigenvalue weighted by Gasteiger charge is 2.10. The SMILES string of the molecule is O=C(NCc1ccc(CN2CCCCC2)cc1)Nc1ccc(Cl)cc1. The minimum absolute atomic E-state index is 0.222. The van der Waals surface area contributed by atoms with Crippen LogP contribution in [0.2, 0.25) is 5.02 Å². The van der Waals surface area contributed by atoms with E-state index in [9.17, 15) is 4.79 Å². The van der Waals surface area contributed by atoms with Gasteiger partial charge in [0.05, 0.1) is 0 Å². The van der Waals surface area contributed by atoms with E-state index in [1.54, 1.807) is 24.3 Å². The number of anilines is 1. The summed E-state index contributed by atoms with van der Waals surface area (Å²) >= 11 is 5.83. The molecule has 1 saturated heterocycles. The van der Waals surface area contributed by atoms with E-state index in [0.29, 0.717) is 11.6 Å². The lowest BCUT2D eigenvalue weighted by Gasteiger charge is -2.26. The summed E-state index contributed by atoms with van der Waals surface area (Å²) < 4.78 is 0. The minimum Gasteiger partial charge on any atom is -0.334 e. The fourth-order valence-corrected chi connectivity index (χ4v) is 3.16. The Morgan fingerprint density at radius 3 is 2.24 bits per heavy atom. The van der Waals surface area contributed by atoms with Crippen LogP contribution in [0.25, 0.3) is 0 Å². The molecule has 3 rings (SSSR count). The lowest BCUT2D eigenvalue weighted by Crippen LogP contribution is -2.29. The summed E-state index contributed by atoms with van der Waals surface area (Å²) in [5.41, 5.74) is 3.14. The molecule has 0 spiro atoms. The van der Waals surface area contributed by atoms with Crippen molar-refractivity contribution in [1.29, 1.82) is 0 Å². The minimum atomic E-state index is -0.222. The van der Waals surface area contributed by atoms with Crippen LogP contribution in [0.15, 0.2) is 48.5 Å². The van der Waals surface area contributed by atoms with Crippen molar-refractivity contribution < 1.29 is 4.79 Å². The van der Waals surface area contributed by atoms with Crippen LogP contribution in [0.4, 0.5) is 10.5 Å². The third-order valence-electron chi connectivity index (χ3n) is 4.43. The van der Waals surface area contributed by atoms with Gasteiger partial charge in [-0.25, -0.2) is 4.79 Å². The van der Waals surface area contributed by atoms with E-state index in [2.05, 4.69) is 39.8 Å². The monoisotopic (exact) mass is 357 g/mol. The van der Waals surface area contributed by atoms with E-state index in [0.717, 1.165) is 17.8 Å². The Morgan fingerprint density at radius 1 is 0.920 bits per heavy atom. The highest BCUT2D eigenvalue weighted by molar-refractivity contribution is 6.30. The van der Waals surface area contributed by atoms with Crippen LogP contribution in [-0.4, -0.2) is 24.0 Å². The molecule has 0 aliphatic carbocycles. The summed E-state index contributed by atoms with van der Waals surface area (Å²) in [6.45, 7) is 3.93. The summed E-state index contributed by atoms with van der Waals surface area (Å²) in [5, 5.41) is 6.31. The average molecular weight is 358 g/mol. The Hall–Kier alpha value is -2.04. The molecule has 1 fully saturated rings. The van der Waals surface area contributed by atoms with Gasteiger partial charge < -0.3 is 10.6 Å². The Kier molecular flexibility index (Phi) is 6.31. The van der Waals surface area contributed by atoms with Crippen molar-refractivity contribution in [2.24, 2.45) is 0 Å². The first-order chi connectivity index (χ1) is 12.2. The Morgan fingerprint density at radius 2 is 1.56 bits per heavy atom. The highest BCUT2D eigenvalue weighted by atomic mass is 35.5. The Labute approximate surface area is 154 Å². The molecule has 2 aromatic carbocycles. The van der Waals surface area contributed by atoms with Gasteiger partial charge in [-0.05, 0) is 61.3 Å². The molecule has 1 heterocycles. The Bertz CT molecular complexity index is 679. The zero-order valence-electron chi connectivity index (χ0n) is 14.3. The number of halogens is 1. The van der Waals surface area contributed by atoms with Gasteiger partial charge in [-0.3, -0.25) is 4.90 Å². The number of nitrogens with one attached hydrogen (secondary N) is 2. The zero-order valence-corrected chi connectivity index (χ0v) is 15.1. The quantitative estimate of drug-likeness (QED) is 0.818. The van der Waals surface area contributed by atoms with Crippen LogP contribution in [0.1, 0.15) is 30.4 Å². The van der Waals surface area contributed by atoms with E-state index in [1.165, 1.54) is 37.9 Å².